The number of unbranched alkanes of at least 4 members (excludes halogenated alkanes) is 1. The topological polar surface area (TPSA) is 66.6 Å². The van der Waals surface area contributed by atoms with Gasteiger partial charge in [-0.15, -0.1) is 6.42 Å². The maximum Gasteiger partial charge on any atom is 0.273 e. The van der Waals surface area contributed by atoms with E-state index in [1.165, 1.54) is 0 Å². The number of hydrogen-bond acceptors (Lipinski definition) is 4. The molecular formula is C24H30FN2O3Y-. The summed E-state index contributed by atoms with van der Waals surface area (Å²) in [5.74, 6) is 0. The molecule has 165 valence electrons. The number of rotatable bonds is 9. The third kappa shape index (κ3) is 6.11. The van der Waals surface area contributed by atoms with E-state index in [-0.39, 0.29) is 49.7 Å². The molecule has 1 N–H and O–H groups in total. The fourth-order valence-electron chi connectivity index (χ4n) is 4.32. The summed E-state index contributed by atoms with van der Waals surface area (Å²) in [6.07, 6.45) is 2.00. The Labute approximate surface area is 209 Å². The second-order valence-corrected chi connectivity index (χ2v) is 7.95. The number of alkyl halides is 1. The number of halogens is 1. The van der Waals surface area contributed by atoms with Crippen LogP contribution in [-0.4, -0.2) is 28.8 Å². The van der Waals surface area contributed by atoms with Crippen LogP contribution < -0.4 is 4.90 Å². The van der Waals surface area contributed by atoms with Crippen molar-refractivity contribution in [1.29, 1.82) is 0 Å². The van der Waals surface area contributed by atoms with Crippen LogP contribution in [0.15, 0.2) is 42.5 Å². The molecule has 31 heavy (non-hydrogen) atoms. The summed E-state index contributed by atoms with van der Waals surface area (Å²) >= 11 is 0. The molecule has 1 radical (unpaired) electrons. The average molecular weight is 502 g/mol. The molecule has 0 saturated carbocycles. The van der Waals surface area contributed by atoms with Gasteiger partial charge in [-0.2, -0.15) is 0 Å². The molecule has 0 aromatic heterocycles. The van der Waals surface area contributed by atoms with Gasteiger partial charge in [-0.05, 0) is 30.5 Å². The minimum atomic E-state index is -1.07. The first-order chi connectivity index (χ1) is 14.5. The number of para-hydroxylation sites is 1. The van der Waals surface area contributed by atoms with Crippen molar-refractivity contribution in [3.8, 4) is 0 Å². The number of hydrogen-bond donors (Lipinski definition) is 1. The predicted octanol–water partition coefficient (Wildman–Crippen LogP) is 5.35. The van der Waals surface area contributed by atoms with Crippen molar-refractivity contribution in [2.24, 2.45) is 0 Å². The molecule has 3 atom stereocenters. The summed E-state index contributed by atoms with van der Waals surface area (Å²) in [6, 6.07) is 12.3. The Hall–Kier alpha value is -1.37. The summed E-state index contributed by atoms with van der Waals surface area (Å²) in [4.78, 5) is 13.3. The van der Waals surface area contributed by atoms with Gasteiger partial charge in [-0.1, -0.05) is 50.1 Å². The maximum absolute atomic E-state index is 14.9. The number of benzene rings is 2. The third-order valence-electron chi connectivity index (χ3n) is 5.97. The molecule has 0 aliphatic carbocycles. The van der Waals surface area contributed by atoms with E-state index in [2.05, 4.69) is 13.8 Å². The van der Waals surface area contributed by atoms with E-state index < -0.39 is 18.3 Å². The minimum Gasteiger partial charge on any atom is -0.388 e. The Kier molecular flexibility index (Phi) is 10.0. The molecule has 0 amide bonds. The van der Waals surface area contributed by atoms with E-state index in [0.717, 1.165) is 24.1 Å². The van der Waals surface area contributed by atoms with Gasteiger partial charge >= 0.3 is 0 Å². The summed E-state index contributed by atoms with van der Waals surface area (Å²) < 4.78 is 14.9. The Morgan fingerprint density at radius 2 is 2.00 bits per heavy atom. The standard InChI is InChI=1S/C24H30FN2O3.Y/c1-3-5-12-23(28)18-9-7-11-20(15-18)26-14-13-21(25)22(26)16-19-10-6-8-17(4-2)24(19)27(29)30;/h6-11,15,21-23,28H,2-5,12-14,16H2,1H3;/q-1;. The van der Waals surface area contributed by atoms with Gasteiger partial charge in [0.2, 0.25) is 0 Å². The molecule has 3 rings (SSSR count). The fraction of sp³-hybridized carbons (Fsp3) is 0.458. The number of aliphatic hydroxyl groups is 1. The van der Waals surface area contributed by atoms with E-state index >= 15 is 0 Å². The van der Waals surface area contributed by atoms with Gasteiger partial charge in [-0.25, -0.2) is 4.39 Å². The minimum absolute atomic E-state index is 0. The fourth-order valence-corrected chi connectivity index (χ4v) is 4.32. The van der Waals surface area contributed by atoms with Crippen LogP contribution in [0.5, 0.6) is 0 Å². The zero-order chi connectivity index (χ0) is 21.7. The van der Waals surface area contributed by atoms with Gasteiger partial charge in [0, 0.05) is 62.5 Å². The van der Waals surface area contributed by atoms with Crippen LogP contribution in [0.1, 0.15) is 55.4 Å². The third-order valence-corrected chi connectivity index (χ3v) is 5.97. The van der Waals surface area contributed by atoms with E-state index in [1.807, 2.05) is 29.2 Å². The van der Waals surface area contributed by atoms with E-state index in [4.69, 9.17) is 0 Å². The summed E-state index contributed by atoms with van der Waals surface area (Å²) in [7, 11) is 0. The number of anilines is 1. The summed E-state index contributed by atoms with van der Waals surface area (Å²) in [6.45, 7) is 6.41. The Morgan fingerprint density at radius 1 is 1.29 bits per heavy atom. The van der Waals surface area contributed by atoms with Crippen molar-refractivity contribution in [2.45, 2.75) is 63.8 Å². The smallest absolute Gasteiger partial charge is 0.273 e. The van der Waals surface area contributed by atoms with Crippen LogP contribution in [0, 0.1) is 17.0 Å². The molecule has 1 saturated heterocycles. The number of aliphatic hydroxyl groups excluding tert-OH is 1. The molecule has 2 aromatic rings. The van der Waals surface area contributed by atoms with Crippen molar-refractivity contribution < 1.29 is 47.1 Å². The van der Waals surface area contributed by atoms with Crippen molar-refractivity contribution in [1.82, 2.24) is 0 Å². The van der Waals surface area contributed by atoms with Crippen molar-refractivity contribution >= 4 is 11.4 Å². The van der Waals surface area contributed by atoms with Gasteiger partial charge in [0.25, 0.3) is 5.69 Å². The number of nitro benzene ring substituents is 1. The van der Waals surface area contributed by atoms with Gasteiger partial charge in [0.05, 0.1) is 17.1 Å². The van der Waals surface area contributed by atoms with E-state index in [0.29, 0.717) is 36.9 Å². The van der Waals surface area contributed by atoms with Crippen LogP contribution in [-0.2, 0) is 45.6 Å². The number of nitrogens with zero attached hydrogens (tertiary/aromatic N) is 2. The van der Waals surface area contributed by atoms with Crippen LogP contribution in [0.3, 0.4) is 0 Å². The van der Waals surface area contributed by atoms with Crippen molar-refractivity contribution in [3.05, 3.63) is 76.2 Å². The first kappa shape index (κ1) is 25.9. The quantitative estimate of drug-likeness (QED) is 0.285. The van der Waals surface area contributed by atoms with Crippen LogP contribution in [0.4, 0.5) is 15.8 Å². The second kappa shape index (κ2) is 12.0. The first-order valence-electron chi connectivity index (χ1n) is 10.7. The molecule has 1 fully saturated rings. The zero-order valence-electron chi connectivity index (χ0n) is 18.0. The maximum atomic E-state index is 14.9. The molecule has 1 heterocycles. The molecule has 2 aromatic carbocycles. The average Bonchev–Trinajstić information content (AvgIpc) is 3.11. The molecule has 1 aliphatic rings. The Bertz CT molecular complexity index is 880. The summed E-state index contributed by atoms with van der Waals surface area (Å²) in [5.41, 5.74) is 2.84. The van der Waals surface area contributed by atoms with E-state index in [1.54, 1.807) is 18.2 Å². The van der Waals surface area contributed by atoms with Crippen molar-refractivity contribution in [3.63, 3.8) is 0 Å². The van der Waals surface area contributed by atoms with Gasteiger partial charge in [0.15, 0.2) is 0 Å². The van der Waals surface area contributed by atoms with Crippen LogP contribution in [0.25, 0.3) is 0 Å². The molecule has 5 nitrogen and oxygen atoms in total. The zero-order valence-corrected chi connectivity index (χ0v) is 20.9. The first-order valence-corrected chi connectivity index (χ1v) is 10.7. The Morgan fingerprint density at radius 3 is 2.68 bits per heavy atom. The normalized spacial score (nSPS) is 19.2. The van der Waals surface area contributed by atoms with Gasteiger partial charge < -0.3 is 16.9 Å². The monoisotopic (exact) mass is 502 g/mol. The largest absolute Gasteiger partial charge is 0.388 e. The molecular weight excluding hydrogens is 472 g/mol. The molecule has 0 bridgehead atoms. The van der Waals surface area contributed by atoms with Gasteiger partial charge in [-0.3, -0.25) is 10.1 Å². The molecule has 0 spiro atoms. The van der Waals surface area contributed by atoms with E-state index in [9.17, 15) is 19.6 Å². The molecule has 1 aliphatic heterocycles. The molecule has 7 heteroatoms. The predicted molar refractivity (Wildman–Crippen MR) is 117 cm³/mol. The Balaban J connectivity index is 0.00000341. The second-order valence-electron chi connectivity index (χ2n) is 7.95. The number of nitro groups is 1. The molecule has 3 unspecified atom stereocenters. The SMILES string of the molecule is [CH2-]Cc1cccc(CC2C(F)CCN2c2cccc(C(O)CCCC)c2)c1[N+](=O)[O-].[Y]. The van der Waals surface area contributed by atoms with Crippen LogP contribution in [0.2, 0.25) is 0 Å². The van der Waals surface area contributed by atoms with Crippen molar-refractivity contribution in [2.75, 3.05) is 11.4 Å². The van der Waals surface area contributed by atoms with Crippen LogP contribution >= 0.6 is 0 Å². The summed E-state index contributed by atoms with van der Waals surface area (Å²) in [5, 5.41) is 22.1. The van der Waals surface area contributed by atoms with Gasteiger partial charge in [0.1, 0.15) is 6.17 Å².